The number of amides is 1. The SMILES string of the molecule is CCCCCCCCCC/C=C\CCCCCCCCCCCCCC(=O)NC(COC1OC(CO)C(OC2OC(CO)C(O)C(O)C2O)C(O)C1O)C(O)CCCCCCCCCCCCCCCCCCCCCCCCCC. The molecule has 2 aliphatic rings. The molecule has 2 rings (SSSR count). The zero-order valence-corrected chi connectivity index (χ0v) is 52.1. The third-order valence-corrected chi connectivity index (χ3v) is 17.2. The second kappa shape index (κ2) is 53.0. The van der Waals surface area contributed by atoms with Gasteiger partial charge in [-0.15, -0.1) is 0 Å². The monoisotopic (exact) mass is 1160 g/mol. The van der Waals surface area contributed by atoms with Gasteiger partial charge in [-0.2, -0.15) is 0 Å². The number of hydrogen-bond donors (Lipinski definition) is 9. The van der Waals surface area contributed by atoms with Crippen LogP contribution in [-0.2, 0) is 23.7 Å². The van der Waals surface area contributed by atoms with Crippen LogP contribution in [0.3, 0.4) is 0 Å². The molecule has 2 saturated heterocycles. The molecular weight excluding hydrogens is 1030 g/mol. The van der Waals surface area contributed by atoms with Crippen molar-refractivity contribution in [3.8, 4) is 0 Å². The van der Waals surface area contributed by atoms with Gasteiger partial charge in [-0.3, -0.25) is 4.79 Å². The summed E-state index contributed by atoms with van der Waals surface area (Å²) in [5.41, 5.74) is 0. The van der Waals surface area contributed by atoms with Gasteiger partial charge in [-0.25, -0.2) is 0 Å². The predicted octanol–water partition coefficient (Wildman–Crippen LogP) is 13.4. The summed E-state index contributed by atoms with van der Waals surface area (Å²) >= 11 is 0. The Morgan fingerprint density at radius 2 is 0.778 bits per heavy atom. The quantitative estimate of drug-likeness (QED) is 0.0204. The lowest BCUT2D eigenvalue weighted by Crippen LogP contribution is -2.65. The van der Waals surface area contributed by atoms with E-state index in [9.17, 15) is 45.6 Å². The molecule has 9 N–H and O–H groups in total. The number of carbonyl (C=O) groups is 1. The summed E-state index contributed by atoms with van der Waals surface area (Å²) in [6.07, 6.45) is 46.5. The van der Waals surface area contributed by atoms with Crippen LogP contribution in [0.2, 0.25) is 0 Å². The first-order valence-corrected chi connectivity index (χ1v) is 34.4. The van der Waals surface area contributed by atoms with Gasteiger partial charge in [0.05, 0.1) is 32.0 Å². The molecule has 0 aromatic rings. The summed E-state index contributed by atoms with van der Waals surface area (Å²) in [5, 5.41) is 87.6. The normalized spacial score (nSPS) is 24.1. The summed E-state index contributed by atoms with van der Waals surface area (Å²) in [5.74, 6) is -0.201. The zero-order chi connectivity index (χ0) is 58.8. The molecule has 2 aliphatic heterocycles. The predicted molar refractivity (Wildman–Crippen MR) is 328 cm³/mol. The van der Waals surface area contributed by atoms with Crippen LogP contribution in [0.15, 0.2) is 12.2 Å². The maximum atomic E-state index is 13.3. The van der Waals surface area contributed by atoms with E-state index in [-0.39, 0.29) is 12.5 Å². The molecule has 0 aromatic carbocycles. The Labute approximate surface area is 495 Å². The first-order valence-electron chi connectivity index (χ1n) is 34.4. The molecule has 0 bridgehead atoms. The van der Waals surface area contributed by atoms with Crippen molar-refractivity contribution in [2.24, 2.45) is 0 Å². The number of allylic oxidation sites excluding steroid dienone is 2. The number of unbranched alkanes of at least 4 members (excludes halogenated alkanes) is 42. The third-order valence-electron chi connectivity index (χ3n) is 17.2. The molecule has 81 heavy (non-hydrogen) atoms. The summed E-state index contributed by atoms with van der Waals surface area (Å²) in [4.78, 5) is 13.3. The highest BCUT2D eigenvalue weighted by Gasteiger charge is 2.51. The number of carbonyl (C=O) groups excluding carboxylic acids is 1. The highest BCUT2D eigenvalue weighted by Crippen LogP contribution is 2.30. The lowest BCUT2D eigenvalue weighted by atomic mass is 9.97. The van der Waals surface area contributed by atoms with E-state index < -0.39 is 86.8 Å². The largest absolute Gasteiger partial charge is 0.394 e. The van der Waals surface area contributed by atoms with Crippen LogP contribution in [0.1, 0.15) is 316 Å². The lowest BCUT2D eigenvalue weighted by Gasteiger charge is -2.46. The Kier molecular flexibility index (Phi) is 49.6. The number of aliphatic hydroxyl groups excluding tert-OH is 8. The molecule has 12 unspecified atom stereocenters. The van der Waals surface area contributed by atoms with Crippen LogP contribution >= 0.6 is 0 Å². The molecule has 14 heteroatoms. The average Bonchev–Trinajstić information content (AvgIpc) is 3.47. The maximum Gasteiger partial charge on any atom is 0.220 e. The van der Waals surface area contributed by atoms with E-state index in [0.29, 0.717) is 12.8 Å². The Morgan fingerprint density at radius 3 is 1.17 bits per heavy atom. The van der Waals surface area contributed by atoms with Crippen LogP contribution in [0.5, 0.6) is 0 Å². The molecule has 1 amide bonds. The van der Waals surface area contributed by atoms with E-state index in [0.717, 1.165) is 51.4 Å². The van der Waals surface area contributed by atoms with Crippen LogP contribution in [0, 0.1) is 0 Å². The van der Waals surface area contributed by atoms with Gasteiger partial charge in [0.2, 0.25) is 5.91 Å². The fourth-order valence-corrected chi connectivity index (χ4v) is 11.7. The molecule has 2 heterocycles. The van der Waals surface area contributed by atoms with E-state index in [1.807, 2.05) is 0 Å². The van der Waals surface area contributed by atoms with Crippen molar-refractivity contribution < 1.29 is 64.6 Å². The highest BCUT2D eigenvalue weighted by molar-refractivity contribution is 5.76. The van der Waals surface area contributed by atoms with Gasteiger partial charge in [0.25, 0.3) is 0 Å². The van der Waals surface area contributed by atoms with Crippen LogP contribution < -0.4 is 5.32 Å². The smallest absolute Gasteiger partial charge is 0.220 e. The molecule has 12 atom stereocenters. The Balaban J connectivity index is 1.68. The molecule has 0 radical (unpaired) electrons. The summed E-state index contributed by atoms with van der Waals surface area (Å²) < 4.78 is 22.9. The minimum Gasteiger partial charge on any atom is -0.394 e. The van der Waals surface area contributed by atoms with Crippen LogP contribution in [0.25, 0.3) is 0 Å². The summed E-state index contributed by atoms with van der Waals surface area (Å²) in [6.45, 7) is 2.91. The number of aliphatic hydroxyl groups is 8. The van der Waals surface area contributed by atoms with E-state index >= 15 is 0 Å². The number of rotatable bonds is 57. The minimum atomic E-state index is -1.78. The van der Waals surface area contributed by atoms with Gasteiger partial charge in [-0.05, 0) is 38.5 Å². The Morgan fingerprint density at radius 1 is 0.432 bits per heavy atom. The lowest BCUT2D eigenvalue weighted by molar-refractivity contribution is -0.359. The maximum absolute atomic E-state index is 13.3. The number of nitrogens with one attached hydrogen (secondary N) is 1. The van der Waals surface area contributed by atoms with Crippen molar-refractivity contribution >= 4 is 5.91 Å². The van der Waals surface area contributed by atoms with Crippen molar-refractivity contribution in [2.75, 3.05) is 19.8 Å². The van der Waals surface area contributed by atoms with E-state index in [4.69, 9.17) is 18.9 Å². The Hall–Kier alpha value is -1.27. The van der Waals surface area contributed by atoms with Gasteiger partial charge in [-0.1, -0.05) is 283 Å². The molecule has 0 aliphatic carbocycles. The number of hydrogen-bond acceptors (Lipinski definition) is 13. The van der Waals surface area contributed by atoms with Crippen molar-refractivity contribution in [3.63, 3.8) is 0 Å². The van der Waals surface area contributed by atoms with Crippen molar-refractivity contribution in [1.82, 2.24) is 5.32 Å². The average molecular weight is 1160 g/mol. The fraction of sp³-hybridized carbons (Fsp3) is 0.955. The second-order valence-corrected chi connectivity index (χ2v) is 24.7. The van der Waals surface area contributed by atoms with Gasteiger partial charge < -0.3 is 65.1 Å². The minimum absolute atomic E-state index is 0.201. The van der Waals surface area contributed by atoms with E-state index in [1.54, 1.807) is 0 Å². The first kappa shape index (κ1) is 75.8. The zero-order valence-electron chi connectivity index (χ0n) is 52.1. The van der Waals surface area contributed by atoms with Crippen LogP contribution in [-0.4, -0.2) is 140 Å². The van der Waals surface area contributed by atoms with Gasteiger partial charge in [0.1, 0.15) is 48.8 Å². The summed E-state index contributed by atoms with van der Waals surface area (Å²) in [6, 6.07) is -0.827. The topological polar surface area (TPSA) is 228 Å². The Bertz CT molecular complexity index is 1410. The van der Waals surface area contributed by atoms with E-state index in [1.165, 1.54) is 238 Å². The third kappa shape index (κ3) is 37.8. The molecule has 14 nitrogen and oxygen atoms in total. The van der Waals surface area contributed by atoms with Crippen molar-refractivity contribution in [1.29, 1.82) is 0 Å². The fourth-order valence-electron chi connectivity index (χ4n) is 11.7. The standard InChI is InChI=1S/C67H129NO13/c1-3-5-7-9-11-13-15-17-19-21-23-25-27-29-30-32-34-36-38-40-42-44-46-48-50-56(71)55(54-78-66-64(77)62(75)65(58(53-70)80-66)81-67-63(76)61(74)60(73)57(52-69)79-67)68-59(72)51-49-47-45-43-41-39-37-35-33-31-28-26-24-22-20-18-16-14-12-10-8-6-4-2/h22,24,55-58,60-67,69-71,73-77H,3-21,23,25-54H2,1-2H3,(H,68,72)/b24-22-. The first-order chi connectivity index (χ1) is 39.6. The van der Waals surface area contributed by atoms with E-state index in [2.05, 4.69) is 31.3 Å². The molecule has 480 valence electrons. The second-order valence-electron chi connectivity index (χ2n) is 24.7. The highest BCUT2D eigenvalue weighted by atomic mass is 16.7. The van der Waals surface area contributed by atoms with Gasteiger partial charge in [0, 0.05) is 6.42 Å². The van der Waals surface area contributed by atoms with Gasteiger partial charge >= 0.3 is 0 Å². The molecule has 2 fully saturated rings. The van der Waals surface area contributed by atoms with Crippen molar-refractivity contribution in [3.05, 3.63) is 12.2 Å². The van der Waals surface area contributed by atoms with Gasteiger partial charge in [0.15, 0.2) is 12.6 Å². The summed E-state index contributed by atoms with van der Waals surface area (Å²) in [7, 11) is 0. The molecule has 0 aromatic heterocycles. The van der Waals surface area contributed by atoms with Crippen molar-refractivity contribution in [2.45, 2.75) is 389 Å². The molecule has 0 saturated carbocycles. The molecule has 0 spiro atoms. The number of ether oxygens (including phenoxy) is 4. The molecular formula is C67H129NO13. The van der Waals surface area contributed by atoms with Crippen LogP contribution in [0.4, 0.5) is 0 Å².